The van der Waals surface area contributed by atoms with E-state index in [0.29, 0.717) is 18.2 Å². The molecule has 4 nitrogen and oxygen atoms in total. The van der Waals surface area contributed by atoms with Gasteiger partial charge in [0.1, 0.15) is 0 Å². The standard InChI is InChI=1S/C21H32N2O2/c1-21(2,3)18(24)12-23-9-8-13-10-17-19(20(25)15(13)11-23)14-6-4-5-7-16(14)22-17/h13,15,18,22,24H,4-12H2,1-3H3/t13-,15+,18?/m0/s1. The molecule has 1 aromatic rings. The minimum absolute atomic E-state index is 0.111. The number of hydrogen-bond acceptors (Lipinski definition) is 3. The van der Waals surface area contributed by atoms with E-state index in [4.69, 9.17) is 0 Å². The van der Waals surface area contributed by atoms with Gasteiger partial charge in [0.15, 0.2) is 5.78 Å². The first-order valence-corrected chi connectivity index (χ1v) is 10.0. The summed E-state index contributed by atoms with van der Waals surface area (Å²) in [6.45, 7) is 8.73. The van der Waals surface area contributed by atoms with Crippen LogP contribution in [0.15, 0.2) is 0 Å². The lowest BCUT2D eigenvalue weighted by Gasteiger charge is -2.42. The number of likely N-dealkylation sites (tertiary alicyclic amines) is 1. The van der Waals surface area contributed by atoms with Crippen LogP contribution >= 0.6 is 0 Å². The highest BCUT2D eigenvalue weighted by Gasteiger charge is 2.42. The zero-order valence-electron chi connectivity index (χ0n) is 15.9. The summed E-state index contributed by atoms with van der Waals surface area (Å²) >= 11 is 0. The third-order valence-corrected chi connectivity index (χ3v) is 6.69. The second-order valence-electron chi connectivity index (χ2n) is 9.51. The van der Waals surface area contributed by atoms with Crippen molar-refractivity contribution in [1.82, 2.24) is 9.88 Å². The van der Waals surface area contributed by atoms with Crippen molar-refractivity contribution >= 4 is 5.78 Å². The fourth-order valence-corrected chi connectivity index (χ4v) is 4.94. The first kappa shape index (κ1) is 17.3. The van der Waals surface area contributed by atoms with Crippen molar-refractivity contribution in [1.29, 1.82) is 0 Å². The number of hydrogen-bond donors (Lipinski definition) is 2. The van der Waals surface area contributed by atoms with E-state index in [1.54, 1.807) is 0 Å². The van der Waals surface area contributed by atoms with Gasteiger partial charge in [0, 0.05) is 36.0 Å². The second-order valence-corrected chi connectivity index (χ2v) is 9.51. The fourth-order valence-electron chi connectivity index (χ4n) is 4.94. The number of β-amino-alcohol motifs (C(OH)–C–C–N with tert-alkyl or cyclic N) is 1. The van der Waals surface area contributed by atoms with E-state index in [1.807, 2.05) is 0 Å². The molecule has 138 valence electrons. The van der Waals surface area contributed by atoms with E-state index in [2.05, 4.69) is 30.7 Å². The molecule has 0 saturated carbocycles. The Morgan fingerprint density at radius 3 is 2.76 bits per heavy atom. The third kappa shape index (κ3) is 3.08. The zero-order chi connectivity index (χ0) is 17.8. The number of aryl methyl sites for hydroxylation is 1. The smallest absolute Gasteiger partial charge is 0.169 e. The van der Waals surface area contributed by atoms with Crippen molar-refractivity contribution in [3.05, 3.63) is 22.5 Å². The zero-order valence-corrected chi connectivity index (χ0v) is 15.9. The predicted molar refractivity (Wildman–Crippen MR) is 99.0 cm³/mol. The van der Waals surface area contributed by atoms with E-state index in [0.717, 1.165) is 44.3 Å². The summed E-state index contributed by atoms with van der Waals surface area (Å²) in [5.74, 6) is 0.971. The summed E-state index contributed by atoms with van der Waals surface area (Å²) < 4.78 is 0. The molecule has 0 spiro atoms. The van der Waals surface area contributed by atoms with Crippen LogP contribution in [0.3, 0.4) is 0 Å². The molecule has 0 amide bonds. The number of piperidine rings is 1. The number of nitrogens with zero attached hydrogens (tertiary/aromatic N) is 1. The molecule has 3 aliphatic rings. The highest BCUT2D eigenvalue weighted by Crippen LogP contribution is 2.40. The minimum atomic E-state index is -0.349. The van der Waals surface area contributed by atoms with Gasteiger partial charge in [-0.05, 0) is 62.0 Å². The number of aromatic nitrogens is 1. The number of carbonyl (C=O) groups is 1. The van der Waals surface area contributed by atoms with Crippen molar-refractivity contribution in [3.63, 3.8) is 0 Å². The topological polar surface area (TPSA) is 56.3 Å². The Bertz CT molecular complexity index is 670. The minimum Gasteiger partial charge on any atom is -0.391 e. The van der Waals surface area contributed by atoms with E-state index < -0.39 is 0 Å². The molecule has 1 saturated heterocycles. The molecule has 2 N–H and O–H groups in total. The van der Waals surface area contributed by atoms with Gasteiger partial charge in [0.05, 0.1) is 6.10 Å². The van der Waals surface area contributed by atoms with Gasteiger partial charge in [0.2, 0.25) is 0 Å². The molecule has 4 heteroatoms. The summed E-state index contributed by atoms with van der Waals surface area (Å²) in [6, 6.07) is 0. The molecule has 25 heavy (non-hydrogen) atoms. The molecule has 1 aliphatic heterocycles. The normalized spacial score (nSPS) is 28.2. The van der Waals surface area contributed by atoms with Gasteiger partial charge >= 0.3 is 0 Å². The van der Waals surface area contributed by atoms with Crippen LogP contribution in [0.25, 0.3) is 0 Å². The number of ketones is 1. The first-order chi connectivity index (χ1) is 11.8. The van der Waals surface area contributed by atoms with Gasteiger partial charge in [-0.1, -0.05) is 20.8 Å². The summed E-state index contributed by atoms with van der Waals surface area (Å²) in [4.78, 5) is 19.2. The Labute approximate surface area is 151 Å². The highest BCUT2D eigenvalue weighted by atomic mass is 16.3. The quantitative estimate of drug-likeness (QED) is 0.867. The van der Waals surface area contributed by atoms with Crippen molar-refractivity contribution in [2.24, 2.45) is 17.3 Å². The summed E-state index contributed by atoms with van der Waals surface area (Å²) in [6.07, 6.45) is 6.38. The molecule has 1 unspecified atom stereocenters. The molecular formula is C21H32N2O2. The Kier molecular flexibility index (Phi) is 4.32. The van der Waals surface area contributed by atoms with Crippen LogP contribution in [-0.2, 0) is 19.3 Å². The molecule has 1 fully saturated rings. The Morgan fingerprint density at radius 1 is 1.24 bits per heavy atom. The van der Waals surface area contributed by atoms with Crippen LogP contribution < -0.4 is 0 Å². The lowest BCUT2D eigenvalue weighted by atomic mass is 9.72. The number of carbonyl (C=O) groups excluding carboxylic acids is 1. The van der Waals surface area contributed by atoms with E-state index in [-0.39, 0.29) is 17.4 Å². The van der Waals surface area contributed by atoms with Crippen LogP contribution in [0.5, 0.6) is 0 Å². The second kappa shape index (κ2) is 6.24. The lowest BCUT2D eigenvalue weighted by Crippen LogP contribution is -2.50. The number of aliphatic hydroxyl groups excluding tert-OH is 1. The van der Waals surface area contributed by atoms with Gasteiger partial charge in [0.25, 0.3) is 0 Å². The van der Waals surface area contributed by atoms with Crippen LogP contribution in [0.4, 0.5) is 0 Å². The molecule has 0 aromatic carbocycles. The maximum Gasteiger partial charge on any atom is 0.169 e. The van der Waals surface area contributed by atoms with Crippen molar-refractivity contribution in [2.45, 2.75) is 65.4 Å². The lowest BCUT2D eigenvalue weighted by molar-refractivity contribution is 0.00745. The molecule has 2 aliphatic carbocycles. The Balaban J connectivity index is 1.53. The van der Waals surface area contributed by atoms with E-state index in [9.17, 15) is 9.90 Å². The molecule has 4 rings (SSSR count). The number of nitrogens with one attached hydrogen (secondary N) is 1. The number of rotatable bonds is 2. The summed E-state index contributed by atoms with van der Waals surface area (Å²) in [7, 11) is 0. The largest absolute Gasteiger partial charge is 0.391 e. The average Bonchev–Trinajstić information content (AvgIpc) is 2.93. The van der Waals surface area contributed by atoms with Gasteiger partial charge in [-0.15, -0.1) is 0 Å². The first-order valence-electron chi connectivity index (χ1n) is 10.0. The van der Waals surface area contributed by atoms with Crippen molar-refractivity contribution < 1.29 is 9.90 Å². The number of aromatic amines is 1. The van der Waals surface area contributed by atoms with Crippen LogP contribution in [0, 0.1) is 17.3 Å². The van der Waals surface area contributed by atoms with Gasteiger partial charge < -0.3 is 10.1 Å². The van der Waals surface area contributed by atoms with Gasteiger partial charge in [-0.3, -0.25) is 9.69 Å². The van der Waals surface area contributed by atoms with Crippen LogP contribution in [0.1, 0.15) is 67.3 Å². The van der Waals surface area contributed by atoms with E-state index >= 15 is 0 Å². The summed E-state index contributed by atoms with van der Waals surface area (Å²) in [5, 5.41) is 10.5. The Hall–Kier alpha value is -1.13. The monoisotopic (exact) mass is 344 g/mol. The number of aliphatic hydroxyl groups is 1. The van der Waals surface area contributed by atoms with Crippen molar-refractivity contribution in [2.75, 3.05) is 19.6 Å². The number of fused-ring (bicyclic) bond motifs is 4. The van der Waals surface area contributed by atoms with Crippen molar-refractivity contribution in [3.8, 4) is 0 Å². The molecular weight excluding hydrogens is 312 g/mol. The van der Waals surface area contributed by atoms with Gasteiger partial charge in [-0.25, -0.2) is 0 Å². The maximum absolute atomic E-state index is 13.3. The molecule has 2 heterocycles. The highest BCUT2D eigenvalue weighted by molar-refractivity contribution is 6.02. The predicted octanol–water partition coefficient (Wildman–Crippen LogP) is 2.98. The SMILES string of the molecule is CC(C)(C)C(O)CN1CC[C@H]2Cc3[nH]c4c(c3C(=O)[C@@H]2C1)CCCC4. The molecule has 0 radical (unpaired) electrons. The fraction of sp³-hybridized carbons (Fsp3) is 0.762. The van der Waals surface area contributed by atoms with E-state index in [1.165, 1.54) is 29.8 Å². The average molecular weight is 344 g/mol. The maximum atomic E-state index is 13.3. The number of H-pyrrole nitrogens is 1. The van der Waals surface area contributed by atoms with Gasteiger partial charge in [-0.2, -0.15) is 0 Å². The molecule has 1 aromatic heterocycles. The number of Topliss-reactive ketones (excluding diaryl/α,β-unsaturated/α-hetero) is 1. The van der Waals surface area contributed by atoms with Crippen LogP contribution in [-0.4, -0.2) is 46.5 Å². The molecule has 3 atom stereocenters. The molecule has 0 bridgehead atoms. The summed E-state index contributed by atoms with van der Waals surface area (Å²) in [5.41, 5.74) is 4.83. The Morgan fingerprint density at radius 2 is 2.00 bits per heavy atom. The van der Waals surface area contributed by atoms with Crippen LogP contribution in [0.2, 0.25) is 0 Å². The third-order valence-electron chi connectivity index (χ3n) is 6.69.